The lowest BCUT2D eigenvalue weighted by Crippen LogP contribution is -2.14. The molecule has 10 heteroatoms. The Morgan fingerprint density at radius 3 is 2.75 bits per heavy atom. The van der Waals surface area contributed by atoms with Crippen LogP contribution in [0.15, 0.2) is 41.1 Å². The van der Waals surface area contributed by atoms with E-state index in [0.717, 1.165) is 5.56 Å². The van der Waals surface area contributed by atoms with Gasteiger partial charge < -0.3 is 5.32 Å². The summed E-state index contributed by atoms with van der Waals surface area (Å²) in [6, 6.07) is 7.96. The molecule has 4 nitrogen and oxygen atoms in total. The number of carbonyl (C=O) groups excluding carboxylic acids is 1. The number of hydrogen-bond donors (Lipinski definition) is 1. The molecule has 1 N–H and O–H groups in total. The van der Waals surface area contributed by atoms with Gasteiger partial charge in [-0.15, -0.1) is 34.0 Å². The molecule has 0 radical (unpaired) electrons. The maximum atomic E-state index is 13.4. The summed E-state index contributed by atoms with van der Waals surface area (Å²) in [5.74, 6) is -0.551. The Morgan fingerprint density at radius 1 is 1.14 bits per heavy atom. The number of thiophene rings is 1. The first-order chi connectivity index (χ1) is 13.5. The molecule has 4 rings (SSSR count). The highest BCUT2D eigenvalue weighted by atomic mass is 35.5. The first-order valence-corrected chi connectivity index (χ1v) is 11.2. The molecule has 0 atom stereocenters. The zero-order valence-electron chi connectivity index (χ0n) is 13.9. The van der Waals surface area contributed by atoms with Crippen molar-refractivity contribution in [1.82, 2.24) is 9.97 Å². The molecule has 0 spiro atoms. The third-order valence-electron chi connectivity index (χ3n) is 3.65. The molecule has 0 aliphatic heterocycles. The van der Waals surface area contributed by atoms with Crippen LogP contribution in [0.2, 0.25) is 8.67 Å². The number of anilines is 1. The average Bonchev–Trinajstić information content (AvgIpc) is 3.35. The fourth-order valence-electron chi connectivity index (χ4n) is 2.44. The summed E-state index contributed by atoms with van der Waals surface area (Å²) < 4.78 is 14.5. The molecule has 3 aromatic heterocycles. The second kappa shape index (κ2) is 8.26. The van der Waals surface area contributed by atoms with E-state index in [0.29, 0.717) is 35.8 Å². The van der Waals surface area contributed by atoms with E-state index in [2.05, 4.69) is 15.3 Å². The van der Waals surface area contributed by atoms with E-state index >= 15 is 0 Å². The Bertz CT molecular complexity index is 1150. The van der Waals surface area contributed by atoms with Crippen LogP contribution in [0.4, 0.5) is 9.52 Å². The summed E-state index contributed by atoms with van der Waals surface area (Å²) >= 11 is 16.1. The highest BCUT2D eigenvalue weighted by Gasteiger charge is 2.14. The molecule has 0 bridgehead atoms. The van der Waals surface area contributed by atoms with Gasteiger partial charge in [-0.1, -0.05) is 35.3 Å². The summed E-state index contributed by atoms with van der Waals surface area (Å²) in [4.78, 5) is 21.1. The van der Waals surface area contributed by atoms with E-state index in [9.17, 15) is 9.18 Å². The smallest absolute Gasteiger partial charge is 0.232 e. The van der Waals surface area contributed by atoms with Gasteiger partial charge in [-0.05, 0) is 18.2 Å². The third kappa shape index (κ3) is 4.42. The number of thiazole rings is 2. The summed E-state index contributed by atoms with van der Waals surface area (Å²) in [5.41, 5.74) is 2.71. The Balaban J connectivity index is 1.42. The largest absolute Gasteiger partial charge is 0.302 e. The predicted molar refractivity (Wildman–Crippen MR) is 115 cm³/mol. The summed E-state index contributed by atoms with van der Waals surface area (Å²) in [7, 11) is 0. The number of rotatable bonds is 5. The summed E-state index contributed by atoms with van der Waals surface area (Å²) in [5, 5.41) is 7.51. The lowest BCUT2D eigenvalue weighted by molar-refractivity contribution is -0.115. The van der Waals surface area contributed by atoms with Crippen LogP contribution in [0, 0.1) is 5.82 Å². The highest BCUT2D eigenvalue weighted by Crippen LogP contribution is 2.39. The average molecular weight is 470 g/mol. The van der Waals surface area contributed by atoms with Gasteiger partial charge in [0.25, 0.3) is 0 Å². The van der Waals surface area contributed by atoms with Gasteiger partial charge in [-0.25, -0.2) is 14.4 Å². The molecule has 142 valence electrons. The summed E-state index contributed by atoms with van der Waals surface area (Å²) in [6.45, 7) is 0. The normalized spacial score (nSPS) is 11.0. The molecule has 1 amide bonds. The molecule has 0 saturated carbocycles. The zero-order valence-corrected chi connectivity index (χ0v) is 17.9. The number of aromatic nitrogens is 2. The predicted octanol–water partition coefficient (Wildman–Crippen LogP) is 6.62. The molecular formula is C18H10Cl2FN3OS3. The van der Waals surface area contributed by atoms with E-state index in [4.69, 9.17) is 23.2 Å². The minimum Gasteiger partial charge on any atom is -0.302 e. The van der Waals surface area contributed by atoms with Gasteiger partial charge in [0.1, 0.15) is 15.2 Å². The van der Waals surface area contributed by atoms with Crippen molar-refractivity contribution in [2.45, 2.75) is 6.42 Å². The van der Waals surface area contributed by atoms with E-state index in [-0.39, 0.29) is 18.1 Å². The second-order valence-electron chi connectivity index (χ2n) is 5.66. The first kappa shape index (κ1) is 19.5. The quantitative estimate of drug-likeness (QED) is 0.357. The Labute approximate surface area is 181 Å². The van der Waals surface area contributed by atoms with E-state index in [1.807, 2.05) is 5.38 Å². The van der Waals surface area contributed by atoms with Crippen molar-refractivity contribution in [1.29, 1.82) is 0 Å². The lowest BCUT2D eigenvalue weighted by Gasteiger charge is -1.99. The van der Waals surface area contributed by atoms with Gasteiger partial charge >= 0.3 is 0 Å². The minimum atomic E-state index is -0.321. The monoisotopic (exact) mass is 469 g/mol. The van der Waals surface area contributed by atoms with Gasteiger partial charge in [0, 0.05) is 21.9 Å². The molecule has 0 aliphatic carbocycles. The van der Waals surface area contributed by atoms with Crippen molar-refractivity contribution in [3.63, 3.8) is 0 Å². The van der Waals surface area contributed by atoms with E-state index < -0.39 is 0 Å². The Morgan fingerprint density at radius 2 is 2.00 bits per heavy atom. The van der Waals surface area contributed by atoms with Crippen molar-refractivity contribution in [3.8, 4) is 21.8 Å². The fourth-order valence-corrected chi connectivity index (χ4v) is 5.46. The number of hydrogen-bond acceptors (Lipinski definition) is 6. The standard InChI is InChI=1S/C18H10Cl2FN3OS3/c19-14-6-12(16(20)28-14)13-8-27-18(23-13)24-15(25)5-11-7-26-17(22-11)9-2-1-3-10(21)4-9/h1-4,6-8H,5H2,(H,23,24,25). The van der Waals surface area contributed by atoms with Crippen LogP contribution in [0.3, 0.4) is 0 Å². The van der Waals surface area contributed by atoms with Crippen LogP contribution in [-0.4, -0.2) is 15.9 Å². The van der Waals surface area contributed by atoms with Crippen molar-refractivity contribution < 1.29 is 9.18 Å². The van der Waals surface area contributed by atoms with Crippen LogP contribution in [0.1, 0.15) is 5.69 Å². The second-order valence-corrected chi connectivity index (χ2v) is 9.66. The van der Waals surface area contributed by atoms with E-state index in [1.54, 1.807) is 23.6 Å². The highest BCUT2D eigenvalue weighted by molar-refractivity contribution is 7.20. The van der Waals surface area contributed by atoms with Crippen LogP contribution in [0.5, 0.6) is 0 Å². The van der Waals surface area contributed by atoms with E-state index in [1.165, 1.54) is 46.1 Å². The van der Waals surface area contributed by atoms with Crippen molar-refractivity contribution >= 4 is 68.3 Å². The van der Waals surface area contributed by atoms with Gasteiger partial charge in [-0.3, -0.25) is 4.79 Å². The van der Waals surface area contributed by atoms with Crippen LogP contribution in [-0.2, 0) is 11.2 Å². The third-order valence-corrected chi connectivity index (χ3v) is 6.83. The number of nitrogens with one attached hydrogen (secondary N) is 1. The lowest BCUT2D eigenvalue weighted by atomic mass is 10.2. The fraction of sp³-hybridized carbons (Fsp3) is 0.0556. The maximum absolute atomic E-state index is 13.4. The van der Waals surface area contributed by atoms with Gasteiger partial charge in [0.05, 0.1) is 22.1 Å². The van der Waals surface area contributed by atoms with Crippen molar-refractivity contribution in [2.24, 2.45) is 0 Å². The molecule has 0 unspecified atom stereocenters. The number of carbonyl (C=O) groups is 1. The minimum absolute atomic E-state index is 0.103. The van der Waals surface area contributed by atoms with Crippen LogP contribution in [0.25, 0.3) is 21.8 Å². The van der Waals surface area contributed by atoms with Crippen LogP contribution < -0.4 is 5.32 Å². The molecule has 3 heterocycles. The van der Waals surface area contributed by atoms with Crippen molar-refractivity contribution in [3.05, 3.63) is 61.3 Å². The number of nitrogens with zero attached hydrogens (tertiary/aromatic N) is 2. The number of benzene rings is 1. The zero-order chi connectivity index (χ0) is 19.7. The Hall–Kier alpha value is -1.84. The first-order valence-electron chi connectivity index (χ1n) is 7.89. The SMILES string of the molecule is O=C(Cc1csc(-c2cccc(F)c2)n1)Nc1nc(-c2cc(Cl)sc2Cl)cs1. The van der Waals surface area contributed by atoms with Crippen LogP contribution >= 0.6 is 57.2 Å². The molecule has 1 aromatic carbocycles. The topological polar surface area (TPSA) is 54.9 Å². The van der Waals surface area contributed by atoms with Crippen molar-refractivity contribution in [2.75, 3.05) is 5.32 Å². The number of amides is 1. The number of halogens is 3. The van der Waals surface area contributed by atoms with Gasteiger partial charge in [-0.2, -0.15) is 0 Å². The maximum Gasteiger partial charge on any atom is 0.232 e. The summed E-state index contributed by atoms with van der Waals surface area (Å²) in [6.07, 6.45) is 0.103. The molecule has 0 aliphatic rings. The Kier molecular flexibility index (Phi) is 5.75. The molecule has 4 aromatic rings. The molecule has 0 fully saturated rings. The molecule has 28 heavy (non-hydrogen) atoms. The van der Waals surface area contributed by atoms with Gasteiger partial charge in [0.15, 0.2) is 5.13 Å². The van der Waals surface area contributed by atoms with Gasteiger partial charge in [0.2, 0.25) is 5.91 Å². The molecule has 0 saturated heterocycles. The molecular weight excluding hydrogens is 460 g/mol.